The van der Waals surface area contributed by atoms with Crippen molar-refractivity contribution < 1.29 is 37.3 Å². The van der Waals surface area contributed by atoms with Gasteiger partial charge in [0, 0.05) is 0 Å². The van der Waals surface area contributed by atoms with Gasteiger partial charge in [0.25, 0.3) is 7.82 Å². The molecule has 2 atom stereocenters. The number of carbonyl (C=O) groups excluding carboxylic acids is 1. The number of rotatable bonds is 22. The van der Waals surface area contributed by atoms with E-state index in [0.717, 1.165) is 19.3 Å². The van der Waals surface area contributed by atoms with E-state index in [1.165, 1.54) is 57.8 Å². The molecule has 8 nitrogen and oxygen atoms in total. The molecule has 0 aliphatic carbocycles. The van der Waals surface area contributed by atoms with Gasteiger partial charge in [0.2, 0.25) is 0 Å². The Balaban J connectivity index is 4.13. The van der Waals surface area contributed by atoms with Crippen LogP contribution in [0.25, 0.3) is 0 Å². The summed E-state index contributed by atoms with van der Waals surface area (Å²) in [5.41, 5.74) is 0. The monoisotopic (exact) mass is 495 g/mol. The fourth-order valence-electron chi connectivity index (χ4n) is 3.32. The first-order chi connectivity index (χ1) is 15.6. The van der Waals surface area contributed by atoms with E-state index in [4.69, 9.17) is 18.5 Å². The molecule has 0 aromatic carbocycles. The average Bonchev–Trinajstić information content (AvgIpc) is 2.71. The zero-order chi connectivity index (χ0) is 25.0. The first-order valence-electron chi connectivity index (χ1n) is 12.8. The highest BCUT2D eigenvalue weighted by atomic mass is 31.2. The molecule has 33 heavy (non-hydrogen) atoms. The van der Waals surface area contributed by atoms with Crippen molar-refractivity contribution in [2.24, 2.45) is 0 Å². The molecule has 0 aliphatic heterocycles. The largest absolute Gasteiger partial charge is 0.756 e. The summed E-state index contributed by atoms with van der Waals surface area (Å²) in [6, 6.07) is 0. The molecule has 9 heteroatoms. The Hall–Kier alpha value is -0.660. The van der Waals surface area contributed by atoms with Crippen LogP contribution in [-0.4, -0.2) is 64.3 Å². The molecule has 0 fully saturated rings. The van der Waals surface area contributed by atoms with Gasteiger partial charge in [-0.2, -0.15) is 0 Å². The summed E-state index contributed by atoms with van der Waals surface area (Å²) in [6.07, 6.45) is 13.8. The predicted octanol–water partition coefficient (Wildman–Crippen LogP) is 5.83. The molecule has 0 radical (unpaired) electrons. The quantitative estimate of drug-likeness (QED) is 0.0807. The molecule has 0 saturated carbocycles. The SMILES string of the molecule is CCCCCCCCCCCCCCC(COP(=O)([O-])OCC[N+](C)(C)C)OC(=O)OCC. The second-order valence-electron chi connectivity index (χ2n) is 9.69. The predicted molar refractivity (Wildman–Crippen MR) is 130 cm³/mol. The van der Waals surface area contributed by atoms with Crippen LogP contribution >= 0.6 is 7.82 Å². The van der Waals surface area contributed by atoms with Crippen LogP contribution in [0.2, 0.25) is 0 Å². The van der Waals surface area contributed by atoms with Crippen molar-refractivity contribution in [2.45, 2.75) is 103 Å². The van der Waals surface area contributed by atoms with Crippen molar-refractivity contribution in [1.29, 1.82) is 0 Å². The molecule has 0 heterocycles. The summed E-state index contributed by atoms with van der Waals surface area (Å²) in [4.78, 5) is 23.7. The van der Waals surface area contributed by atoms with Crippen molar-refractivity contribution in [1.82, 2.24) is 0 Å². The van der Waals surface area contributed by atoms with E-state index in [1.807, 2.05) is 21.1 Å². The Morgan fingerprint density at radius 1 is 0.848 bits per heavy atom. The summed E-state index contributed by atoms with van der Waals surface area (Å²) in [5.74, 6) is 0. The smallest absolute Gasteiger partial charge is 0.508 e. The Labute approximate surface area is 202 Å². The van der Waals surface area contributed by atoms with E-state index in [9.17, 15) is 14.3 Å². The number of hydrogen-bond acceptors (Lipinski definition) is 7. The lowest BCUT2D eigenvalue weighted by Crippen LogP contribution is -2.37. The van der Waals surface area contributed by atoms with E-state index in [0.29, 0.717) is 17.4 Å². The van der Waals surface area contributed by atoms with Gasteiger partial charge in [0.1, 0.15) is 19.3 Å². The Morgan fingerprint density at radius 2 is 1.36 bits per heavy atom. The van der Waals surface area contributed by atoms with Gasteiger partial charge in [0.15, 0.2) is 0 Å². The minimum atomic E-state index is -4.45. The molecule has 0 amide bonds. The van der Waals surface area contributed by atoms with Gasteiger partial charge in [-0.1, -0.05) is 77.6 Å². The number of ether oxygens (including phenoxy) is 2. The summed E-state index contributed by atoms with van der Waals surface area (Å²) < 4.78 is 32.5. The lowest BCUT2D eigenvalue weighted by atomic mass is 10.0. The molecule has 0 aromatic heterocycles. The van der Waals surface area contributed by atoms with Crippen LogP contribution in [0, 0.1) is 0 Å². The second kappa shape index (κ2) is 19.6. The van der Waals surface area contributed by atoms with Gasteiger partial charge in [-0.05, 0) is 19.8 Å². The molecule has 0 N–H and O–H groups in total. The fraction of sp³-hybridized carbons (Fsp3) is 0.958. The lowest BCUT2D eigenvalue weighted by molar-refractivity contribution is -0.870. The third kappa shape index (κ3) is 22.9. The molecule has 0 aromatic rings. The normalized spacial score (nSPS) is 14.6. The van der Waals surface area contributed by atoms with Crippen molar-refractivity contribution in [3.05, 3.63) is 0 Å². The average molecular weight is 496 g/mol. The summed E-state index contributed by atoms with van der Waals surface area (Å²) >= 11 is 0. The van der Waals surface area contributed by atoms with E-state index in [-0.39, 0.29) is 19.8 Å². The summed E-state index contributed by atoms with van der Waals surface area (Å²) in [5, 5.41) is 0. The molecular formula is C24H50NO7P. The van der Waals surface area contributed by atoms with Gasteiger partial charge < -0.3 is 27.9 Å². The van der Waals surface area contributed by atoms with Crippen molar-refractivity contribution >= 4 is 14.0 Å². The van der Waals surface area contributed by atoms with Crippen molar-refractivity contribution in [3.8, 4) is 0 Å². The number of nitrogens with zero attached hydrogens (tertiary/aromatic N) is 1. The third-order valence-corrected chi connectivity index (χ3v) is 6.30. The number of likely N-dealkylation sites (N-methyl/N-ethyl adjacent to an activating group) is 1. The van der Waals surface area contributed by atoms with E-state index >= 15 is 0 Å². The lowest BCUT2D eigenvalue weighted by Gasteiger charge is -2.28. The van der Waals surface area contributed by atoms with Gasteiger partial charge in [-0.25, -0.2) is 4.79 Å². The molecule has 0 bridgehead atoms. The van der Waals surface area contributed by atoms with Crippen LogP contribution in [-0.2, 0) is 23.1 Å². The molecule has 0 rings (SSSR count). The fourth-order valence-corrected chi connectivity index (χ4v) is 4.04. The van der Waals surface area contributed by atoms with Gasteiger partial charge in [-0.3, -0.25) is 4.57 Å². The highest BCUT2D eigenvalue weighted by Crippen LogP contribution is 2.38. The maximum absolute atomic E-state index is 12.0. The van der Waals surface area contributed by atoms with E-state index in [1.54, 1.807) is 6.92 Å². The van der Waals surface area contributed by atoms with Crippen molar-refractivity contribution in [3.63, 3.8) is 0 Å². The summed E-state index contributed by atoms with van der Waals surface area (Å²) in [7, 11) is 1.37. The van der Waals surface area contributed by atoms with Gasteiger partial charge >= 0.3 is 6.16 Å². The minimum Gasteiger partial charge on any atom is -0.756 e. The van der Waals surface area contributed by atoms with Crippen LogP contribution in [0.3, 0.4) is 0 Å². The molecule has 0 spiro atoms. The van der Waals surface area contributed by atoms with Crippen LogP contribution in [0.1, 0.15) is 97.3 Å². The van der Waals surface area contributed by atoms with Gasteiger partial charge in [-0.15, -0.1) is 0 Å². The zero-order valence-corrected chi connectivity index (χ0v) is 22.7. The zero-order valence-electron chi connectivity index (χ0n) is 21.9. The number of phosphoric ester groups is 1. The summed E-state index contributed by atoms with van der Waals surface area (Å²) in [6.45, 7) is 4.42. The maximum Gasteiger partial charge on any atom is 0.508 e. The van der Waals surface area contributed by atoms with E-state index < -0.39 is 20.1 Å². The van der Waals surface area contributed by atoms with Crippen LogP contribution in [0.15, 0.2) is 0 Å². The number of quaternary nitrogens is 1. The Morgan fingerprint density at radius 3 is 1.85 bits per heavy atom. The highest BCUT2D eigenvalue weighted by molar-refractivity contribution is 7.45. The van der Waals surface area contributed by atoms with E-state index in [2.05, 4.69) is 6.92 Å². The molecule has 0 aliphatic rings. The third-order valence-electron chi connectivity index (χ3n) is 5.33. The number of phosphoric acid groups is 1. The standard InChI is InChI=1S/C24H50NO7P/c1-6-8-9-10-11-12-13-14-15-16-17-18-19-23(32-24(26)29-7-2)22-31-33(27,28)30-21-20-25(3,4)5/h23H,6-22H2,1-5H3. The van der Waals surface area contributed by atoms with Crippen LogP contribution < -0.4 is 4.89 Å². The Bertz CT molecular complexity index is 525. The maximum atomic E-state index is 12.0. The van der Waals surface area contributed by atoms with Gasteiger partial charge in [0.05, 0.1) is 34.4 Å². The second-order valence-corrected chi connectivity index (χ2v) is 11.1. The highest BCUT2D eigenvalue weighted by Gasteiger charge is 2.20. The molecule has 2 unspecified atom stereocenters. The topological polar surface area (TPSA) is 94.1 Å². The number of unbranched alkanes of at least 4 members (excludes halogenated alkanes) is 11. The molecular weight excluding hydrogens is 445 g/mol. The Kier molecular flexibility index (Phi) is 19.2. The first-order valence-corrected chi connectivity index (χ1v) is 14.3. The van der Waals surface area contributed by atoms with Crippen molar-refractivity contribution in [2.75, 3.05) is 47.5 Å². The van der Waals surface area contributed by atoms with Crippen LogP contribution in [0.4, 0.5) is 4.79 Å². The minimum absolute atomic E-state index is 0.0341. The van der Waals surface area contributed by atoms with Crippen LogP contribution in [0.5, 0.6) is 0 Å². The number of hydrogen-bond donors (Lipinski definition) is 0. The number of carbonyl (C=O) groups is 1. The molecule has 0 saturated heterocycles. The molecule has 198 valence electrons. The first kappa shape index (κ1) is 32.3.